The van der Waals surface area contributed by atoms with E-state index in [4.69, 9.17) is 4.74 Å². The van der Waals surface area contributed by atoms with Gasteiger partial charge in [-0.25, -0.2) is 0 Å². The maximum absolute atomic E-state index is 12.2. The molecular weight excluding hydrogens is 302 g/mol. The molecule has 24 heavy (non-hydrogen) atoms. The van der Waals surface area contributed by atoms with Crippen LogP contribution in [0.3, 0.4) is 0 Å². The molecule has 0 atom stereocenters. The first-order chi connectivity index (χ1) is 11.8. The number of nitrogens with one attached hydrogen (secondary N) is 1. The number of hydrogen-bond acceptors (Lipinski definition) is 3. The van der Waals surface area contributed by atoms with E-state index in [0.717, 1.165) is 11.4 Å². The number of aromatic nitrogens is 2. The molecule has 0 spiro atoms. The number of hydrogen-bond donors (Lipinski definition) is 1. The van der Waals surface area contributed by atoms with Crippen LogP contribution in [-0.4, -0.2) is 22.3 Å². The highest BCUT2D eigenvalue weighted by molar-refractivity contribution is 5.94. The maximum atomic E-state index is 12.2. The lowest BCUT2D eigenvalue weighted by Gasteiger charge is -2.09. The van der Waals surface area contributed by atoms with Crippen molar-refractivity contribution in [2.24, 2.45) is 0 Å². The molecule has 1 aliphatic carbocycles. The van der Waals surface area contributed by atoms with Crippen molar-refractivity contribution in [2.75, 3.05) is 6.61 Å². The highest BCUT2D eigenvalue weighted by atomic mass is 16.5. The number of carbonyl (C=O) groups excluding carboxylic acids is 1. The monoisotopic (exact) mass is 325 g/mol. The molecule has 5 heteroatoms. The summed E-state index contributed by atoms with van der Waals surface area (Å²) in [7, 11) is 0. The van der Waals surface area contributed by atoms with Gasteiger partial charge >= 0.3 is 0 Å². The predicted molar refractivity (Wildman–Crippen MR) is 93.0 cm³/mol. The Labute approximate surface area is 142 Å². The molecule has 1 aliphatic rings. The van der Waals surface area contributed by atoms with Gasteiger partial charge in [0, 0.05) is 11.8 Å². The third kappa shape index (κ3) is 4.04. The quantitative estimate of drug-likeness (QED) is 0.793. The fraction of sp³-hybridized carbons (Fsp3) is 0.368. The lowest BCUT2D eigenvalue weighted by Crippen LogP contribution is -2.23. The maximum Gasteiger partial charge on any atom is 0.251 e. The van der Waals surface area contributed by atoms with Gasteiger partial charge in [-0.05, 0) is 43.2 Å². The standard InChI is InChI=1S/C19H23N3O2/c1-2-13-24-18-9-7-15(8-10-18)19(23)20-14-16-11-12-22(21-16)17-5-3-4-6-17/h2,7-12,17H,1,3-6,13-14H2,(H,20,23). The first-order valence-electron chi connectivity index (χ1n) is 8.42. The number of carbonyl (C=O) groups is 1. The van der Waals surface area contributed by atoms with Gasteiger partial charge in [0.15, 0.2) is 0 Å². The molecule has 0 bridgehead atoms. The van der Waals surface area contributed by atoms with Crippen molar-refractivity contribution in [3.8, 4) is 5.75 Å². The van der Waals surface area contributed by atoms with Crippen molar-refractivity contribution < 1.29 is 9.53 Å². The smallest absolute Gasteiger partial charge is 0.251 e. The van der Waals surface area contributed by atoms with E-state index in [-0.39, 0.29) is 5.91 Å². The molecule has 1 amide bonds. The Balaban J connectivity index is 1.52. The second-order valence-electron chi connectivity index (χ2n) is 6.03. The Morgan fingerprint density at radius 3 is 2.75 bits per heavy atom. The molecule has 0 unspecified atom stereocenters. The summed E-state index contributed by atoms with van der Waals surface area (Å²) >= 11 is 0. The minimum atomic E-state index is -0.110. The Hall–Kier alpha value is -2.56. The molecule has 1 saturated carbocycles. The lowest BCUT2D eigenvalue weighted by atomic mass is 10.2. The van der Waals surface area contributed by atoms with Gasteiger partial charge in [-0.2, -0.15) is 5.10 Å². The summed E-state index contributed by atoms with van der Waals surface area (Å²) in [5.41, 5.74) is 1.50. The van der Waals surface area contributed by atoms with E-state index < -0.39 is 0 Å². The normalized spacial score (nSPS) is 14.5. The first-order valence-corrected chi connectivity index (χ1v) is 8.42. The minimum Gasteiger partial charge on any atom is -0.490 e. The molecule has 1 fully saturated rings. The fourth-order valence-electron chi connectivity index (χ4n) is 2.97. The van der Waals surface area contributed by atoms with Crippen LogP contribution in [0.2, 0.25) is 0 Å². The van der Waals surface area contributed by atoms with Crippen LogP contribution in [0.25, 0.3) is 0 Å². The number of amides is 1. The van der Waals surface area contributed by atoms with Gasteiger partial charge in [0.2, 0.25) is 0 Å². The zero-order valence-corrected chi connectivity index (χ0v) is 13.8. The van der Waals surface area contributed by atoms with Crippen LogP contribution < -0.4 is 10.1 Å². The third-order valence-corrected chi connectivity index (χ3v) is 4.28. The van der Waals surface area contributed by atoms with Crippen LogP contribution in [-0.2, 0) is 6.54 Å². The van der Waals surface area contributed by atoms with Crippen molar-refractivity contribution >= 4 is 5.91 Å². The largest absolute Gasteiger partial charge is 0.490 e. The van der Waals surface area contributed by atoms with E-state index in [1.807, 2.05) is 16.9 Å². The van der Waals surface area contributed by atoms with E-state index in [2.05, 4.69) is 17.0 Å². The summed E-state index contributed by atoms with van der Waals surface area (Å²) in [6.07, 6.45) is 8.67. The molecule has 126 valence electrons. The molecule has 2 aromatic rings. The Kier molecular flexibility index (Phi) is 5.31. The van der Waals surface area contributed by atoms with Crippen LogP contribution >= 0.6 is 0 Å². The molecule has 1 aromatic heterocycles. The topological polar surface area (TPSA) is 56.1 Å². The van der Waals surface area contributed by atoms with Gasteiger partial charge in [0.05, 0.1) is 18.3 Å². The van der Waals surface area contributed by atoms with E-state index >= 15 is 0 Å². The van der Waals surface area contributed by atoms with E-state index in [0.29, 0.717) is 24.8 Å². The Morgan fingerprint density at radius 2 is 2.04 bits per heavy atom. The van der Waals surface area contributed by atoms with Crippen molar-refractivity contribution in [2.45, 2.75) is 38.3 Å². The summed E-state index contributed by atoms with van der Waals surface area (Å²) in [4.78, 5) is 12.2. The molecule has 3 rings (SSSR count). The Bertz CT molecular complexity index is 685. The van der Waals surface area contributed by atoms with Crippen LogP contribution in [0.1, 0.15) is 47.8 Å². The van der Waals surface area contributed by atoms with Crippen LogP contribution in [0.15, 0.2) is 49.2 Å². The van der Waals surface area contributed by atoms with Crippen LogP contribution in [0, 0.1) is 0 Å². The number of benzene rings is 1. The summed E-state index contributed by atoms with van der Waals surface area (Å²) in [5.74, 6) is 0.613. The highest BCUT2D eigenvalue weighted by Gasteiger charge is 2.17. The summed E-state index contributed by atoms with van der Waals surface area (Å²) < 4.78 is 7.45. The average molecular weight is 325 g/mol. The summed E-state index contributed by atoms with van der Waals surface area (Å²) in [6, 6.07) is 9.58. The molecule has 1 N–H and O–H groups in total. The predicted octanol–water partition coefficient (Wildman–Crippen LogP) is 3.49. The van der Waals surface area contributed by atoms with E-state index in [1.165, 1.54) is 25.7 Å². The Morgan fingerprint density at radius 1 is 1.29 bits per heavy atom. The molecule has 1 aromatic carbocycles. The van der Waals surface area contributed by atoms with Crippen molar-refractivity contribution in [1.82, 2.24) is 15.1 Å². The molecule has 5 nitrogen and oxygen atoms in total. The van der Waals surface area contributed by atoms with Crippen molar-refractivity contribution in [3.63, 3.8) is 0 Å². The van der Waals surface area contributed by atoms with Gasteiger partial charge in [-0.1, -0.05) is 25.5 Å². The second kappa shape index (κ2) is 7.81. The number of rotatable bonds is 7. The second-order valence-corrected chi connectivity index (χ2v) is 6.03. The van der Waals surface area contributed by atoms with Gasteiger partial charge in [0.25, 0.3) is 5.91 Å². The van der Waals surface area contributed by atoms with Crippen LogP contribution in [0.5, 0.6) is 5.75 Å². The number of ether oxygens (including phenoxy) is 1. The minimum absolute atomic E-state index is 0.110. The summed E-state index contributed by atoms with van der Waals surface area (Å²) in [5, 5.41) is 7.49. The van der Waals surface area contributed by atoms with Gasteiger partial charge < -0.3 is 10.1 Å². The van der Waals surface area contributed by atoms with E-state index in [9.17, 15) is 4.79 Å². The zero-order valence-electron chi connectivity index (χ0n) is 13.8. The van der Waals surface area contributed by atoms with Gasteiger partial charge in [-0.15, -0.1) is 0 Å². The first kappa shape index (κ1) is 16.3. The molecule has 0 saturated heterocycles. The molecule has 0 radical (unpaired) electrons. The highest BCUT2D eigenvalue weighted by Crippen LogP contribution is 2.28. The molecule has 1 heterocycles. The molecular formula is C19H23N3O2. The molecule has 0 aliphatic heterocycles. The van der Waals surface area contributed by atoms with Crippen molar-refractivity contribution in [3.05, 3.63) is 60.4 Å². The SMILES string of the molecule is C=CCOc1ccc(C(=O)NCc2ccn(C3CCCC3)n2)cc1. The van der Waals surface area contributed by atoms with E-state index in [1.54, 1.807) is 30.3 Å². The fourth-order valence-corrected chi connectivity index (χ4v) is 2.97. The van der Waals surface area contributed by atoms with Gasteiger partial charge in [0.1, 0.15) is 12.4 Å². The summed E-state index contributed by atoms with van der Waals surface area (Å²) in [6.45, 7) is 4.50. The number of nitrogens with zero attached hydrogens (tertiary/aromatic N) is 2. The third-order valence-electron chi connectivity index (χ3n) is 4.28. The van der Waals surface area contributed by atoms with Crippen LogP contribution in [0.4, 0.5) is 0 Å². The van der Waals surface area contributed by atoms with Gasteiger partial charge in [-0.3, -0.25) is 9.48 Å². The lowest BCUT2D eigenvalue weighted by molar-refractivity contribution is 0.0950. The zero-order chi connectivity index (χ0) is 16.8. The average Bonchev–Trinajstić information content (AvgIpc) is 3.29. The van der Waals surface area contributed by atoms with Crippen molar-refractivity contribution in [1.29, 1.82) is 0 Å².